The molecule has 0 aliphatic heterocycles. The SMILES string of the molecule is CC(C)(C)Oc1ccc(O)c([C@H](N)CCCCN)c1.Cl. The second-order valence-corrected chi connectivity index (χ2v) is 5.83. The molecular weight excluding hydrogens is 276 g/mol. The van der Waals surface area contributed by atoms with Crippen LogP contribution in [0.5, 0.6) is 11.5 Å². The number of phenols is 1. The van der Waals surface area contributed by atoms with Gasteiger partial charge in [-0.2, -0.15) is 0 Å². The maximum absolute atomic E-state index is 9.90. The second kappa shape index (κ2) is 8.35. The summed E-state index contributed by atoms with van der Waals surface area (Å²) in [7, 11) is 0. The lowest BCUT2D eigenvalue weighted by molar-refractivity contribution is 0.130. The van der Waals surface area contributed by atoms with Crippen LogP contribution in [-0.4, -0.2) is 17.3 Å². The van der Waals surface area contributed by atoms with Crippen molar-refractivity contribution in [3.63, 3.8) is 0 Å². The fourth-order valence-electron chi connectivity index (χ4n) is 1.91. The smallest absolute Gasteiger partial charge is 0.120 e. The number of rotatable bonds is 6. The average molecular weight is 303 g/mol. The van der Waals surface area contributed by atoms with Gasteiger partial charge in [-0.3, -0.25) is 0 Å². The zero-order valence-corrected chi connectivity index (χ0v) is 13.4. The van der Waals surface area contributed by atoms with E-state index >= 15 is 0 Å². The van der Waals surface area contributed by atoms with E-state index in [4.69, 9.17) is 16.2 Å². The summed E-state index contributed by atoms with van der Waals surface area (Å²) in [5.41, 5.74) is 12.0. The van der Waals surface area contributed by atoms with Crippen LogP contribution in [0.1, 0.15) is 51.6 Å². The zero-order chi connectivity index (χ0) is 14.5. The van der Waals surface area contributed by atoms with Gasteiger partial charge in [-0.25, -0.2) is 0 Å². The zero-order valence-electron chi connectivity index (χ0n) is 12.6. The Morgan fingerprint density at radius 2 is 1.90 bits per heavy atom. The lowest BCUT2D eigenvalue weighted by Gasteiger charge is -2.22. The van der Waals surface area contributed by atoms with Crippen molar-refractivity contribution in [3.8, 4) is 11.5 Å². The van der Waals surface area contributed by atoms with Crippen LogP contribution >= 0.6 is 12.4 Å². The predicted octanol–water partition coefficient (Wildman–Crippen LogP) is 3.12. The molecule has 0 bridgehead atoms. The van der Waals surface area contributed by atoms with E-state index in [1.807, 2.05) is 26.8 Å². The molecule has 5 N–H and O–H groups in total. The molecule has 0 spiro atoms. The van der Waals surface area contributed by atoms with Crippen molar-refractivity contribution in [1.29, 1.82) is 0 Å². The fraction of sp³-hybridized carbons (Fsp3) is 0.600. The van der Waals surface area contributed by atoms with Crippen LogP contribution in [0, 0.1) is 0 Å². The van der Waals surface area contributed by atoms with Crippen molar-refractivity contribution < 1.29 is 9.84 Å². The average Bonchev–Trinajstić information content (AvgIpc) is 2.30. The summed E-state index contributed by atoms with van der Waals surface area (Å²) in [5.74, 6) is 0.955. The first-order valence-corrected chi connectivity index (χ1v) is 6.81. The topological polar surface area (TPSA) is 81.5 Å². The Bertz CT molecular complexity index is 405. The third kappa shape index (κ3) is 6.46. The molecule has 0 fully saturated rings. The van der Waals surface area contributed by atoms with Gasteiger partial charge in [0.05, 0.1) is 0 Å². The minimum absolute atomic E-state index is 0. The van der Waals surface area contributed by atoms with Crippen LogP contribution < -0.4 is 16.2 Å². The van der Waals surface area contributed by atoms with Crippen molar-refractivity contribution in [2.24, 2.45) is 11.5 Å². The van der Waals surface area contributed by atoms with E-state index in [9.17, 15) is 5.11 Å². The third-order valence-electron chi connectivity index (χ3n) is 2.79. The van der Waals surface area contributed by atoms with Crippen molar-refractivity contribution in [1.82, 2.24) is 0 Å². The Balaban J connectivity index is 0.00000361. The summed E-state index contributed by atoms with van der Waals surface area (Å²) in [6.45, 7) is 6.63. The van der Waals surface area contributed by atoms with Crippen molar-refractivity contribution in [2.75, 3.05) is 6.54 Å². The predicted molar refractivity (Wildman–Crippen MR) is 85.6 cm³/mol. The van der Waals surface area contributed by atoms with E-state index in [2.05, 4.69) is 0 Å². The fourth-order valence-corrected chi connectivity index (χ4v) is 1.91. The van der Waals surface area contributed by atoms with Crippen LogP contribution in [0.25, 0.3) is 0 Å². The number of unbranched alkanes of at least 4 members (excludes halogenated alkanes) is 1. The molecule has 1 aromatic rings. The number of nitrogens with two attached hydrogens (primary N) is 2. The van der Waals surface area contributed by atoms with Crippen LogP contribution in [0.15, 0.2) is 18.2 Å². The van der Waals surface area contributed by atoms with Crippen LogP contribution in [0.2, 0.25) is 0 Å². The van der Waals surface area contributed by atoms with Gasteiger partial charge in [-0.1, -0.05) is 6.42 Å². The Morgan fingerprint density at radius 1 is 1.25 bits per heavy atom. The highest BCUT2D eigenvalue weighted by molar-refractivity contribution is 5.85. The van der Waals surface area contributed by atoms with Crippen molar-refractivity contribution in [2.45, 2.75) is 51.7 Å². The molecule has 0 radical (unpaired) electrons. The van der Waals surface area contributed by atoms with E-state index in [0.717, 1.165) is 30.6 Å². The molecule has 0 amide bonds. The molecule has 0 saturated carbocycles. The van der Waals surface area contributed by atoms with E-state index in [0.29, 0.717) is 6.54 Å². The summed E-state index contributed by atoms with van der Waals surface area (Å²) in [4.78, 5) is 0. The van der Waals surface area contributed by atoms with E-state index in [1.165, 1.54) is 0 Å². The molecule has 0 aliphatic rings. The number of aromatic hydroxyl groups is 1. The number of halogens is 1. The Hall–Kier alpha value is -0.970. The first-order valence-electron chi connectivity index (χ1n) is 6.81. The second-order valence-electron chi connectivity index (χ2n) is 5.83. The standard InChI is InChI=1S/C15H26N2O2.ClH/c1-15(2,3)19-11-7-8-14(18)12(10-11)13(17)6-4-5-9-16;/h7-8,10,13,18H,4-6,9,16-17H2,1-3H3;1H/t13-;/m1./s1. The molecular formula is C15H27ClN2O2. The molecule has 1 rings (SSSR count). The molecule has 5 heteroatoms. The van der Waals surface area contributed by atoms with Crippen molar-refractivity contribution in [3.05, 3.63) is 23.8 Å². The third-order valence-corrected chi connectivity index (χ3v) is 2.79. The highest BCUT2D eigenvalue weighted by atomic mass is 35.5. The number of hydrogen-bond acceptors (Lipinski definition) is 4. The molecule has 20 heavy (non-hydrogen) atoms. The molecule has 0 aliphatic carbocycles. The Kier molecular flexibility index (Phi) is 7.94. The van der Waals surface area contributed by atoms with Gasteiger partial charge in [0.1, 0.15) is 17.1 Å². The van der Waals surface area contributed by atoms with Gasteiger partial charge in [0.2, 0.25) is 0 Å². The van der Waals surface area contributed by atoms with Gasteiger partial charge >= 0.3 is 0 Å². The first-order chi connectivity index (χ1) is 8.83. The molecule has 4 nitrogen and oxygen atoms in total. The maximum Gasteiger partial charge on any atom is 0.120 e. The van der Waals surface area contributed by atoms with Gasteiger partial charge in [0, 0.05) is 11.6 Å². The normalized spacial score (nSPS) is 12.7. The minimum atomic E-state index is -0.266. The number of benzene rings is 1. The van der Waals surface area contributed by atoms with Crippen molar-refractivity contribution >= 4 is 12.4 Å². The monoisotopic (exact) mass is 302 g/mol. The van der Waals surface area contributed by atoms with Gasteiger partial charge in [-0.15, -0.1) is 12.4 Å². The van der Waals surface area contributed by atoms with Crippen LogP contribution in [0.4, 0.5) is 0 Å². The lowest BCUT2D eigenvalue weighted by Crippen LogP contribution is -2.23. The molecule has 0 unspecified atom stereocenters. The number of hydrogen-bond donors (Lipinski definition) is 3. The summed E-state index contributed by atoms with van der Waals surface area (Å²) in [6.07, 6.45) is 2.72. The highest BCUT2D eigenvalue weighted by Crippen LogP contribution is 2.31. The molecule has 1 aromatic carbocycles. The van der Waals surface area contributed by atoms with Gasteiger partial charge in [-0.05, 0) is 58.4 Å². The largest absolute Gasteiger partial charge is 0.508 e. The summed E-state index contributed by atoms with van der Waals surface area (Å²) in [6, 6.07) is 5.04. The van der Waals surface area contributed by atoms with E-state index in [-0.39, 0.29) is 29.8 Å². The van der Waals surface area contributed by atoms with E-state index < -0.39 is 0 Å². The maximum atomic E-state index is 9.90. The highest BCUT2D eigenvalue weighted by Gasteiger charge is 2.16. The summed E-state index contributed by atoms with van der Waals surface area (Å²) in [5, 5.41) is 9.90. The molecule has 0 saturated heterocycles. The van der Waals surface area contributed by atoms with Gasteiger partial charge in [0.25, 0.3) is 0 Å². The molecule has 0 heterocycles. The summed E-state index contributed by atoms with van der Waals surface area (Å²) < 4.78 is 5.79. The molecule has 116 valence electrons. The molecule has 1 atom stereocenters. The summed E-state index contributed by atoms with van der Waals surface area (Å²) >= 11 is 0. The van der Waals surface area contributed by atoms with Gasteiger partial charge in [0.15, 0.2) is 0 Å². The molecule has 0 aromatic heterocycles. The Labute approximate surface area is 127 Å². The van der Waals surface area contributed by atoms with Crippen LogP contribution in [0.3, 0.4) is 0 Å². The van der Waals surface area contributed by atoms with E-state index in [1.54, 1.807) is 12.1 Å². The number of ether oxygens (including phenoxy) is 1. The number of phenolic OH excluding ortho intramolecular Hbond substituents is 1. The lowest BCUT2D eigenvalue weighted by atomic mass is 10.0. The Morgan fingerprint density at radius 3 is 2.45 bits per heavy atom. The first kappa shape index (κ1) is 19.0. The van der Waals surface area contributed by atoms with Crippen LogP contribution in [-0.2, 0) is 0 Å². The minimum Gasteiger partial charge on any atom is -0.508 e. The van der Waals surface area contributed by atoms with Gasteiger partial charge < -0.3 is 21.3 Å². The quantitative estimate of drug-likeness (QED) is 0.705.